The van der Waals surface area contributed by atoms with Crippen LogP contribution in [-0.4, -0.2) is 28.4 Å². The molecule has 1 heterocycles. The summed E-state index contributed by atoms with van der Waals surface area (Å²) in [7, 11) is 3.64. The molecule has 0 bridgehead atoms. The van der Waals surface area contributed by atoms with E-state index in [9.17, 15) is 0 Å². The molecule has 86 valence electrons. The number of hydrogen-bond donors (Lipinski definition) is 1. The van der Waals surface area contributed by atoms with Crippen LogP contribution in [0.1, 0.15) is 12.2 Å². The molecule has 0 atom stereocenters. The zero-order valence-electron chi connectivity index (χ0n) is 9.60. The van der Waals surface area contributed by atoms with Crippen molar-refractivity contribution >= 4 is 11.0 Å². The van der Waals surface area contributed by atoms with E-state index in [4.69, 9.17) is 9.84 Å². The van der Waals surface area contributed by atoms with Crippen molar-refractivity contribution in [2.75, 3.05) is 13.7 Å². The Morgan fingerprint density at radius 2 is 2.25 bits per heavy atom. The van der Waals surface area contributed by atoms with Gasteiger partial charge in [-0.2, -0.15) is 0 Å². The lowest BCUT2D eigenvalue weighted by atomic mass is 10.3. The van der Waals surface area contributed by atoms with Gasteiger partial charge in [-0.25, -0.2) is 4.98 Å². The summed E-state index contributed by atoms with van der Waals surface area (Å²) in [6.45, 7) is 0.201. The summed E-state index contributed by atoms with van der Waals surface area (Å²) in [5.41, 5.74) is 2.03. The lowest BCUT2D eigenvalue weighted by Gasteiger charge is -2.02. The van der Waals surface area contributed by atoms with Crippen molar-refractivity contribution in [3.8, 4) is 5.75 Å². The first-order chi connectivity index (χ1) is 7.76. The number of methoxy groups -OCH3 is 1. The maximum Gasteiger partial charge on any atom is 0.121 e. The highest BCUT2D eigenvalue weighted by molar-refractivity contribution is 5.77. The van der Waals surface area contributed by atoms with Gasteiger partial charge in [0.15, 0.2) is 0 Å². The molecule has 2 rings (SSSR count). The molecule has 0 spiro atoms. The van der Waals surface area contributed by atoms with E-state index >= 15 is 0 Å². The molecule has 0 fully saturated rings. The fraction of sp³-hybridized carbons (Fsp3) is 0.417. The molecular formula is C12H16N2O2. The number of aliphatic hydroxyl groups is 1. The zero-order valence-corrected chi connectivity index (χ0v) is 9.60. The average Bonchev–Trinajstić information content (AvgIpc) is 2.63. The summed E-state index contributed by atoms with van der Waals surface area (Å²) in [5.74, 6) is 1.83. The van der Waals surface area contributed by atoms with E-state index in [1.807, 2.05) is 29.8 Å². The molecule has 1 N–H and O–H groups in total. The van der Waals surface area contributed by atoms with Gasteiger partial charge in [-0.3, -0.25) is 0 Å². The van der Waals surface area contributed by atoms with Crippen LogP contribution >= 0.6 is 0 Å². The van der Waals surface area contributed by atoms with Crippen LogP contribution in [0.25, 0.3) is 11.0 Å². The number of fused-ring (bicyclic) bond motifs is 1. The second-order valence-electron chi connectivity index (χ2n) is 3.77. The van der Waals surface area contributed by atoms with Crippen molar-refractivity contribution in [2.45, 2.75) is 12.8 Å². The highest BCUT2D eigenvalue weighted by Gasteiger charge is 2.07. The predicted molar refractivity (Wildman–Crippen MR) is 62.7 cm³/mol. The quantitative estimate of drug-likeness (QED) is 0.849. The highest BCUT2D eigenvalue weighted by atomic mass is 16.5. The predicted octanol–water partition coefficient (Wildman–Crippen LogP) is 1.51. The van der Waals surface area contributed by atoms with E-state index in [2.05, 4.69) is 4.98 Å². The molecule has 1 aromatic heterocycles. The summed E-state index contributed by atoms with van der Waals surface area (Å²) in [5, 5.41) is 8.82. The van der Waals surface area contributed by atoms with Crippen molar-refractivity contribution in [3.63, 3.8) is 0 Å². The molecule has 2 aromatic rings. The highest BCUT2D eigenvalue weighted by Crippen LogP contribution is 2.21. The molecular weight excluding hydrogens is 204 g/mol. The first kappa shape index (κ1) is 11.0. The van der Waals surface area contributed by atoms with Crippen LogP contribution in [0, 0.1) is 0 Å². The number of imidazole rings is 1. The van der Waals surface area contributed by atoms with Gasteiger partial charge in [0.05, 0.1) is 18.1 Å². The van der Waals surface area contributed by atoms with Crippen molar-refractivity contribution in [2.24, 2.45) is 7.05 Å². The monoisotopic (exact) mass is 220 g/mol. The van der Waals surface area contributed by atoms with Crippen molar-refractivity contribution < 1.29 is 9.84 Å². The Bertz CT molecular complexity index is 491. The Balaban J connectivity index is 2.42. The lowest BCUT2D eigenvalue weighted by Crippen LogP contribution is -1.99. The summed E-state index contributed by atoms with van der Waals surface area (Å²) in [6.07, 6.45) is 1.54. The van der Waals surface area contributed by atoms with E-state index < -0.39 is 0 Å². The minimum atomic E-state index is 0.201. The summed E-state index contributed by atoms with van der Waals surface area (Å²) in [6, 6.07) is 5.84. The SMILES string of the molecule is COc1ccc2nc(CCCO)n(C)c2c1. The molecule has 0 unspecified atom stereocenters. The van der Waals surface area contributed by atoms with Gasteiger partial charge in [-0.1, -0.05) is 0 Å². The number of ether oxygens (including phenoxy) is 1. The maximum absolute atomic E-state index is 8.82. The number of aromatic nitrogens is 2. The van der Waals surface area contributed by atoms with E-state index in [-0.39, 0.29) is 6.61 Å². The Labute approximate surface area is 94.5 Å². The molecule has 0 aliphatic heterocycles. The smallest absolute Gasteiger partial charge is 0.121 e. The Hall–Kier alpha value is -1.55. The van der Waals surface area contributed by atoms with Crippen LogP contribution < -0.4 is 4.74 Å². The van der Waals surface area contributed by atoms with E-state index in [1.165, 1.54) is 0 Å². The van der Waals surface area contributed by atoms with Gasteiger partial charge < -0.3 is 14.4 Å². The minimum absolute atomic E-state index is 0.201. The average molecular weight is 220 g/mol. The number of benzene rings is 1. The van der Waals surface area contributed by atoms with Gasteiger partial charge in [-0.15, -0.1) is 0 Å². The molecule has 0 amide bonds. The van der Waals surface area contributed by atoms with E-state index in [0.717, 1.165) is 35.4 Å². The molecule has 16 heavy (non-hydrogen) atoms. The summed E-state index contributed by atoms with van der Waals surface area (Å²) in [4.78, 5) is 4.52. The topological polar surface area (TPSA) is 47.3 Å². The first-order valence-corrected chi connectivity index (χ1v) is 5.36. The number of rotatable bonds is 4. The largest absolute Gasteiger partial charge is 0.497 e. The maximum atomic E-state index is 8.82. The van der Waals surface area contributed by atoms with Crippen LogP contribution in [0.15, 0.2) is 18.2 Å². The summed E-state index contributed by atoms with van der Waals surface area (Å²) < 4.78 is 7.24. The molecule has 0 aliphatic rings. The van der Waals surface area contributed by atoms with Gasteiger partial charge in [0, 0.05) is 26.1 Å². The molecule has 0 saturated heterocycles. The molecule has 0 radical (unpaired) electrons. The molecule has 0 saturated carbocycles. The van der Waals surface area contributed by atoms with E-state index in [0.29, 0.717) is 0 Å². The number of aliphatic hydroxyl groups excluding tert-OH is 1. The minimum Gasteiger partial charge on any atom is -0.497 e. The van der Waals surface area contributed by atoms with Crippen LogP contribution in [0.2, 0.25) is 0 Å². The van der Waals surface area contributed by atoms with Crippen LogP contribution in [0.3, 0.4) is 0 Å². The normalized spacial score (nSPS) is 10.9. The zero-order chi connectivity index (χ0) is 11.5. The third kappa shape index (κ3) is 1.88. The molecule has 1 aromatic carbocycles. The van der Waals surface area contributed by atoms with Crippen LogP contribution in [0.5, 0.6) is 5.75 Å². The third-order valence-electron chi connectivity index (χ3n) is 2.74. The van der Waals surface area contributed by atoms with Crippen molar-refractivity contribution in [3.05, 3.63) is 24.0 Å². The molecule has 0 aliphatic carbocycles. The third-order valence-corrected chi connectivity index (χ3v) is 2.74. The Morgan fingerprint density at radius 1 is 1.44 bits per heavy atom. The fourth-order valence-corrected chi connectivity index (χ4v) is 1.81. The van der Waals surface area contributed by atoms with Gasteiger partial charge in [0.1, 0.15) is 11.6 Å². The Morgan fingerprint density at radius 3 is 2.94 bits per heavy atom. The lowest BCUT2D eigenvalue weighted by molar-refractivity contribution is 0.287. The molecule has 4 heteroatoms. The number of nitrogens with zero attached hydrogens (tertiary/aromatic N) is 2. The number of aryl methyl sites for hydroxylation is 2. The van der Waals surface area contributed by atoms with Crippen LogP contribution in [-0.2, 0) is 13.5 Å². The second-order valence-corrected chi connectivity index (χ2v) is 3.77. The first-order valence-electron chi connectivity index (χ1n) is 5.36. The van der Waals surface area contributed by atoms with Crippen molar-refractivity contribution in [1.29, 1.82) is 0 Å². The van der Waals surface area contributed by atoms with Crippen LogP contribution in [0.4, 0.5) is 0 Å². The van der Waals surface area contributed by atoms with E-state index in [1.54, 1.807) is 7.11 Å². The van der Waals surface area contributed by atoms with Crippen molar-refractivity contribution in [1.82, 2.24) is 9.55 Å². The van der Waals surface area contributed by atoms with Gasteiger partial charge in [-0.05, 0) is 18.6 Å². The standard InChI is InChI=1S/C12H16N2O2/c1-14-11-8-9(16-2)5-6-10(11)13-12(14)4-3-7-15/h5-6,8,15H,3-4,7H2,1-2H3. The fourth-order valence-electron chi connectivity index (χ4n) is 1.81. The number of hydrogen-bond acceptors (Lipinski definition) is 3. The Kier molecular flexibility index (Phi) is 3.10. The second kappa shape index (κ2) is 4.53. The molecule has 4 nitrogen and oxygen atoms in total. The van der Waals surface area contributed by atoms with Gasteiger partial charge >= 0.3 is 0 Å². The van der Waals surface area contributed by atoms with Gasteiger partial charge in [0.2, 0.25) is 0 Å². The van der Waals surface area contributed by atoms with Gasteiger partial charge in [0.25, 0.3) is 0 Å². The summed E-state index contributed by atoms with van der Waals surface area (Å²) >= 11 is 0.